The Morgan fingerprint density at radius 2 is 1.97 bits per heavy atom. The number of rotatable bonds is 4. The molecule has 29 heavy (non-hydrogen) atoms. The van der Waals surface area contributed by atoms with E-state index in [2.05, 4.69) is 20.3 Å². The Labute approximate surface area is 166 Å². The van der Waals surface area contributed by atoms with Crippen molar-refractivity contribution in [2.24, 2.45) is 0 Å². The molecular formula is C18H22N8O3. The van der Waals surface area contributed by atoms with Crippen LogP contribution in [0.2, 0.25) is 0 Å². The monoisotopic (exact) mass is 398 g/mol. The van der Waals surface area contributed by atoms with Crippen molar-refractivity contribution in [2.45, 2.75) is 0 Å². The first-order valence-electron chi connectivity index (χ1n) is 9.18. The highest BCUT2D eigenvalue weighted by Gasteiger charge is 2.27. The van der Waals surface area contributed by atoms with E-state index < -0.39 is 0 Å². The van der Waals surface area contributed by atoms with Gasteiger partial charge in [0.2, 0.25) is 5.95 Å². The average Bonchev–Trinajstić information content (AvgIpc) is 3.39. The van der Waals surface area contributed by atoms with E-state index in [4.69, 9.17) is 4.74 Å². The zero-order valence-corrected chi connectivity index (χ0v) is 16.5. The highest BCUT2D eigenvalue weighted by molar-refractivity contribution is 6.11. The number of hydrogen-bond donors (Lipinski definition) is 1. The van der Waals surface area contributed by atoms with Gasteiger partial charge in [-0.15, -0.1) is 5.10 Å². The van der Waals surface area contributed by atoms with Crippen LogP contribution >= 0.6 is 0 Å². The molecule has 1 N–H and O–H groups in total. The van der Waals surface area contributed by atoms with Crippen LogP contribution in [-0.2, 0) is 4.74 Å². The van der Waals surface area contributed by atoms with E-state index in [9.17, 15) is 9.59 Å². The van der Waals surface area contributed by atoms with Crippen molar-refractivity contribution in [3.05, 3.63) is 35.8 Å². The van der Waals surface area contributed by atoms with Gasteiger partial charge in [0, 0.05) is 52.2 Å². The third-order valence-corrected chi connectivity index (χ3v) is 4.78. The molecule has 4 rings (SSSR count). The minimum absolute atomic E-state index is 0.152. The molecule has 4 heterocycles. The molecular weight excluding hydrogens is 376 g/mol. The smallest absolute Gasteiger partial charge is 0.276 e. The SMILES string of the molecule is CN(C)c1nc2cc(N(C)C(=O)c3[nH]ncc3C(=O)N3CCOCC3)ccn2n1. The van der Waals surface area contributed by atoms with Gasteiger partial charge in [-0.2, -0.15) is 10.1 Å². The number of hydrogen-bond acceptors (Lipinski definition) is 7. The molecule has 11 heteroatoms. The van der Waals surface area contributed by atoms with E-state index in [-0.39, 0.29) is 23.1 Å². The van der Waals surface area contributed by atoms with Gasteiger partial charge >= 0.3 is 0 Å². The van der Waals surface area contributed by atoms with Gasteiger partial charge in [0.1, 0.15) is 5.69 Å². The molecule has 1 fully saturated rings. The van der Waals surface area contributed by atoms with Gasteiger partial charge in [0.25, 0.3) is 11.8 Å². The first kappa shape index (κ1) is 18.9. The third kappa shape index (κ3) is 3.51. The molecule has 0 aliphatic carbocycles. The number of carbonyl (C=O) groups is 2. The zero-order chi connectivity index (χ0) is 20.5. The van der Waals surface area contributed by atoms with E-state index in [0.29, 0.717) is 43.6 Å². The number of fused-ring (bicyclic) bond motifs is 1. The van der Waals surface area contributed by atoms with Crippen molar-refractivity contribution in [1.82, 2.24) is 29.7 Å². The topological polar surface area (TPSA) is 112 Å². The molecule has 0 radical (unpaired) electrons. The Balaban J connectivity index is 1.59. The molecule has 11 nitrogen and oxygen atoms in total. The fourth-order valence-corrected chi connectivity index (χ4v) is 3.09. The van der Waals surface area contributed by atoms with Gasteiger partial charge in [-0.1, -0.05) is 0 Å². The van der Waals surface area contributed by atoms with E-state index in [1.54, 1.807) is 39.7 Å². The largest absolute Gasteiger partial charge is 0.378 e. The second-order valence-corrected chi connectivity index (χ2v) is 6.92. The number of H-pyrrole nitrogens is 1. The number of aromatic nitrogens is 5. The van der Waals surface area contributed by atoms with E-state index in [1.807, 2.05) is 14.1 Å². The predicted molar refractivity (Wildman–Crippen MR) is 105 cm³/mol. The maximum Gasteiger partial charge on any atom is 0.276 e. The summed E-state index contributed by atoms with van der Waals surface area (Å²) in [5, 5.41) is 10.9. The number of aromatic amines is 1. The lowest BCUT2D eigenvalue weighted by molar-refractivity contribution is 0.0302. The summed E-state index contributed by atoms with van der Waals surface area (Å²) in [7, 11) is 5.36. The van der Waals surface area contributed by atoms with Crippen LogP contribution in [0.4, 0.5) is 11.6 Å². The van der Waals surface area contributed by atoms with Crippen molar-refractivity contribution >= 4 is 29.1 Å². The van der Waals surface area contributed by atoms with Gasteiger partial charge < -0.3 is 19.4 Å². The van der Waals surface area contributed by atoms with Crippen LogP contribution in [0.5, 0.6) is 0 Å². The van der Waals surface area contributed by atoms with Crippen molar-refractivity contribution in [3.8, 4) is 0 Å². The number of pyridine rings is 1. The van der Waals surface area contributed by atoms with Crippen LogP contribution < -0.4 is 9.80 Å². The Bertz CT molecular complexity index is 1050. The Kier molecular flexibility index (Phi) is 4.89. The summed E-state index contributed by atoms with van der Waals surface area (Å²) in [6, 6.07) is 3.52. The van der Waals surface area contributed by atoms with Crippen LogP contribution in [0.15, 0.2) is 24.5 Å². The molecule has 0 unspecified atom stereocenters. The Morgan fingerprint density at radius 3 is 2.69 bits per heavy atom. The fourth-order valence-electron chi connectivity index (χ4n) is 3.09. The van der Waals surface area contributed by atoms with Crippen LogP contribution in [0, 0.1) is 0 Å². The van der Waals surface area contributed by atoms with Crippen LogP contribution in [0.3, 0.4) is 0 Å². The first-order valence-corrected chi connectivity index (χ1v) is 9.18. The number of morpholine rings is 1. The minimum Gasteiger partial charge on any atom is -0.378 e. The van der Waals surface area contributed by atoms with Crippen LogP contribution in [0.1, 0.15) is 20.8 Å². The molecule has 1 aliphatic rings. The number of amides is 2. The standard InChI is InChI=1S/C18H22N8O3/c1-23(2)18-20-14-10-12(4-5-26(14)22-18)24(3)17(28)15-13(11-19-21-15)16(27)25-6-8-29-9-7-25/h4-5,10-11H,6-9H2,1-3H3,(H,19,21). The normalized spacial score (nSPS) is 14.2. The maximum absolute atomic E-state index is 13.1. The highest BCUT2D eigenvalue weighted by Crippen LogP contribution is 2.20. The molecule has 3 aromatic heterocycles. The summed E-state index contributed by atoms with van der Waals surface area (Å²) in [5.41, 5.74) is 1.64. The second kappa shape index (κ2) is 7.51. The lowest BCUT2D eigenvalue weighted by atomic mass is 10.2. The van der Waals surface area contributed by atoms with Crippen molar-refractivity contribution in [3.63, 3.8) is 0 Å². The van der Waals surface area contributed by atoms with E-state index >= 15 is 0 Å². The molecule has 2 amide bonds. The van der Waals surface area contributed by atoms with Gasteiger partial charge in [-0.25, -0.2) is 4.52 Å². The van der Waals surface area contributed by atoms with E-state index in [1.165, 1.54) is 11.1 Å². The van der Waals surface area contributed by atoms with Crippen LogP contribution in [-0.4, -0.2) is 89.0 Å². The zero-order valence-electron chi connectivity index (χ0n) is 16.5. The van der Waals surface area contributed by atoms with Crippen molar-refractivity contribution < 1.29 is 14.3 Å². The second-order valence-electron chi connectivity index (χ2n) is 6.92. The molecule has 3 aromatic rings. The molecule has 0 aromatic carbocycles. The highest BCUT2D eigenvalue weighted by atomic mass is 16.5. The molecule has 152 valence electrons. The molecule has 1 saturated heterocycles. The summed E-state index contributed by atoms with van der Waals surface area (Å²) in [6.07, 6.45) is 3.13. The summed E-state index contributed by atoms with van der Waals surface area (Å²) in [5.74, 6) is -0.0266. The molecule has 0 atom stereocenters. The number of carbonyl (C=O) groups excluding carboxylic acids is 2. The Morgan fingerprint density at radius 1 is 1.21 bits per heavy atom. The molecule has 0 saturated carbocycles. The number of nitrogens with one attached hydrogen (secondary N) is 1. The number of nitrogens with zero attached hydrogens (tertiary/aromatic N) is 7. The quantitative estimate of drug-likeness (QED) is 0.671. The molecule has 0 bridgehead atoms. The lowest BCUT2D eigenvalue weighted by Gasteiger charge is -2.26. The van der Waals surface area contributed by atoms with Gasteiger partial charge in [-0.05, 0) is 6.07 Å². The van der Waals surface area contributed by atoms with Gasteiger partial charge in [0.05, 0.1) is 25.0 Å². The number of ether oxygens (including phenoxy) is 1. The van der Waals surface area contributed by atoms with Crippen molar-refractivity contribution in [1.29, 1.82) is 0 Å². The average molecular weight is 398 g/mol. The number of anilines is 2. The van der Waals surface area contributed by atoms with E-state index in [0.717, 1.165) is 0 Å². The van der Waals surface area contributed by atoms with Gasteiger partial charge in [0.15, 0.2) is 5.65 Å². The maximum atomic E-state index is 13.1. The van der Waals surface area contributed by atoms with Crippen LogP contribution in [0.25, 0.3) is 5.65 Å². The first-order chi connectivity index (χ1) is 14.0. The summed E-state index contributed by atoms with van der Waals surface area (Å²) < 4.78 is 6.92. The fraction of sp³-hybridized carbons (Fsp3) is 0.389. The minimum atomic E-state index is -0.365. The molecule has 1 aliphatic heterocycles. The summed E-state index contributed by atoms with van der Waals surface area (Å²) in [6.45, 7) is 1.95. The third-order valence-electron chi connectivity index (χ3n) is 4.78. The summed E-state index contributed by atoms with van der Waals surface area (Å²) in [4.78, 5) is 35.2. The van der Waals surface area contributed by atoms with Crippen molar-refractivity contribution in [2.75, 3.05) is 57.2 Å². The lowest BCUT2D eigenvalue weighted by Crippen LogP contribution is -2.41. The Hall–Kier alpha value is -3.47. The summed E-state index contributed by atoms with van der Waals surface area (Å²) >= 11 is 0. The van der Waals surface area contributed by atoms with Gasteiger partial charge in [-0.3, -0.25) is 14.7 Å². The molecule has 0 spiro atoms. The predicted octanol–water partition coefficient (Wildman–Crippen LogP) is 0.267.